The summed E-state index contributed by atoms with van der Waals surface area (Å²) in [6.07, 6.45) is 7.00. The lowest BCUT2D eigenvalue weighted by molar-refractivity contribution is -0.0530. The van der Waals surface area contributed by atoms with Crippen molar-refractivity contribution in [3.8, 4) is 0 Å². The van der Waals surface area contributed by atoms with Gasteiger partial charge in [-0.05, 0) is 24.0 Å². The monoisotopic (exact) mass is 325 g/mol. The van der Waals surface area contributed by atoms with E-state index in [1.54, 1.807) is 0 Å². The maximum Gasteiger partial charge on any atom is 0.104 e. The molecule has 0 aliphatic heterocycles. The minimum Gasteiger partial charge on any atom is -0.293 e. The van der Waals surface area contributed by atoms with E-state index >= 15 is 0 Å². The Morgan fingerprint density at radius 2 is 1.29 bits per heavy atom. The Morgan fingerprint density at radius 3 is 1.88 bits per heavy atom. The van der Waals surface area contributed by atoms with Crippen LogP contribution in [-0.4, -0.2) is 0 Å². The topological polar surface area (TPSA) is 21.3 Å². The molecule has 0 saturated heterocycles. The van der Waals surface area contributed by atoms with E-state index in [0.29, 0.717) is 0 Å². The van der Waals surface area contributed by atoms with E-state index in [1.165, 1.54) is 36.8 Å². The Hall–Kier alpha value is -1.64. The molecule has 2 aromatic carbocycles. The van der Waals surface area contributed by atoms with Gasteiger partial charge in [0.15, 0.2) is 0 Å². The van der Waals surface area contributed by atoms with Crippen molar-refractivity contribution >= 4 is 0 Å². The number of unbranched alkanes of at least 4 members (excludes halogenated alkanes) is 2. The summed E-state index contributed by atoms with van der Waals surface area (Å²) in [5.41, 5.74) is 5.93. The van der Waals surface area contributed by atoms with Crippen LogP contribution in [0.2, 0.25) is 0 Å². The van der Waals surface area contributed by atoms with E-state index in [0.717, 1.165) is 12.8 Å². The van der Waals surface area contributed by atoms with Crippen molar-refractivity contribution in [2.75, 3.05) is 0 Å². The molecule has 0 aliphatic rings. The Bertz CT molecular complexity index is 489. The molecule has 0 heterocycles. The fourth-order valence-electron chi connectivity index (χ4n) is 2.90. The molecule has 2 heteroatoms. The number of nitrogens with one attached hydrogen (secondary N) is 1. The number of hydrogen-bond acceptors (Lipinski definition) is 2. The smallest absolute Gasteiger partial charge is 0.104 e. The minimum absolute atomic E-state index is 0.110. The first kappa shape index (κ1) is 18.7. The van der Waals surface area contributed by atoms with E-state index in [-0.39, 0.29) is 12.1 Å². The van der Waals surface area contributed by atoms with Gasteiger partial charge in [0.25, 0.3) is 0 Å². The van der Waals surface area contributed by atoms with E-state index in [4.69, 9.17) is 4.84 Å². The van der Waals surface area contributed by atoms with Crippen molar-refractivity contribution in [1.29, 1.82) is 0 Å². The summed E-state index contributed by atoms with van der Waals surface area (Å²) in [5.74, 6) is 0. The van der Waals surface area contributed by atoms with Gasteiger partial charge < -0.3 is 0 Å². The van der Waals surface area contributed by atoms with Crippen molar-refractivity contribution in [2.24, 2.45) is 0 Å². The zero-order chi connectivity index (χ0) is 17.0. The maximum atomic E-state index is 6.19. The molecule has 0 radical (unpaired) electrons. The van der Waals surface area contributed by atoms with Crippen molar-refractivity contribution in [3.63, 3.8) is 0 Å². The molecule has 0 aliphatic carbocycles. The summed E-state index contributed by atoms with van der Waals surface area (Å²) >= 11 is 0. The lowest BCUT2D eigenvalue weighted by Gasteiger charge is -2.24. The number of benzene rings is 2. The largest absolute Gasteiger partial charge is 0.293 e. The Labute approximate surface area is 147 Å². The minimum atomic E-state index is 0.110. The normalized spacial score (nSPS) is 13.6. The van der Waals surface area contributed by atoms with E-state index in [1.807, 2.05) is 0 Å². The van der Waals surface area contributed by atoms with Crippen LogP contribution < -0.4 is 5.48 Å². The molecule has 2 unspecified atom stereocenters. The molecule has 2 rings (SSSR count). The second-order valence-corrected chi connectivity index (χ2v) is 6.38. The summed E-state index contributed by atoms with van der Waals surface area (Å²) in [5, 5.41) is 0. The molecular weight excluding hydrogens is 294 g/mol. The number of hydrogen-bond donors (Lipinski definition) is 1. The van der Waals surface area contributed by atoms with E-state index < -0.39 is 0 Å². The fraction of sp³-hybridized carbons (Fsp3) is 0.455. The van der Waals surface area contributed by atoms with Crippen LogP contribution in [0.4, 0.5) is 0 Å². The predicted octanol–water partition coefficient (Wildman–Crippen LogP) is 6.37. The van der Waals surface area contributed by atoms with Gasteiger partial charge in [0.2, 0.25) is 0 Å². The predicted molar refractivity (Wildman–Crippen MR) is 102 cm³/mol. The number of hydroxylamine groups is 1. The highest BCUT2D eigenvalue weighted by atomic mass is 16.7. The summed E-state index contributed by atoms with van der Waals surface area (Å²) in [7, 11) is 0. The van der Waals surface area contributed by atoms with Crippen LogP contribution >= 0.6 is 0 Å². The van der Waals surface area contributed by atoms with Crippen LogP contribution in [0.1, 0.15) is 75.6 Å². The molecule has 130 valence electrons. The van der Waals surface area contributed by atoms with Crippen molar-refractivity contribution < 1.29 is 4.84 Å². The average Bonchev–Trinajstić information content (AvgIpc) is 2.65. The fourth-order valence-corrected chi connectivity index (χ4v) is 2.90. The third-order valence-electron chi connectivity index (χ3n) is 4.39. The highest BCUT2D eigenvalue weighted by Crippen LogP contribution is 2.25. The molecule has 0 spiro atoms. The van der Waals surface area contributed by atoms with Gasteiger partial charge in [0.05, 0.1) is 6.04 Å². The van der Waals surface area contributed by atoms with Gasteiger partial charge in [0.1, 0.15) is 6.10 Å². The molecule has 2 nitrogen and oxygen atoms in total. The van der Waals surface area contributed by atoms with Gasteiger partial charge in [-0.1, -0.05) is 100 Å². The summed E-state index contributed by atoms with van der Waals surface area (Å²) < 4.78 is 0. The van der Waals surface area contributed by atoms with Crippen LogP contribution in [0, 0.1) is 0 Å². The maximum absolute atomic E-state index is 6.19. The van der Waals surface area contributed by atoms with Gasteiger partial charge in [0, 0.05) is 0 Å². The van der Waals surface area contributed by atoms with Crippen molar-refractivity contribution in [3.05, 3.63) is 71.8 Å². The van der Waals surface area contributed by atoms with E-state index in [2.05, 4.69) is 80.0 Å². The number of rotatable bonds is 11. The first-order valence-electron chi connectivity index (χ1n) is 9.36. The molecule has 1 N–H and O–H groups in total. The summed E-state index contributed by atoms with van der Waals surface area (Å²) in [4.78, 5) is 6.19. The molecule has 0 fully saturated rings. The molecule has 0 saturated carbocycles. The second kappa shape index (κ2) is 11.0. The quantitative estimate of drug-likeness (QED) is 0.485. The van der Waals surface area contributed by atoms with Gasteiger partial charge >= 0.3 is 0 Å². The Kier molecular flexibility index (Phi) is 8.58. The molecular formula is C22H31NO. The van der Waals surface area contributed by atoms with Gasteiger partial charge in [-0.3, -0.25) is 4.84 Å². The van der Waals surface area contributed by atoms with Crippen molar-refractivity contribution in [2.45, 2.75) is 64.5 Å². The van der Waals surface area contributed by atoms with Gasteiger partial charge in [-0.25, -0.2) is 0 Å². The standard InChI is InChI=1S/C22H31NO/c1-3-5-17-21(19-13-9-7-10-14-19)23-24-22(18-6-4-2)20-15-11-8-12-16-20/h7-16,21-23H,3-6,17-18H2,1-2H3. The van der Waals surface area contributed by atoms with Crippen LogP contribution in [-0.2, 0) is 4.84 Å². The summed E-state index contributed by atoms with van der Waals surface area (Å²) in [6.45, 7) is 4.46. The van der Waals surface area contributed by atoms with Crippen LogP contribution in [0.15, 0.2) is 60.7 Å². The SMILES string of the molecule is CCCCC(NOC(CCCC)c1ccccc1)c1ccccc1. The first-order valence-corrected chi connectivity index (χ1v) is 9.36. The lowest BCUT2D eigenvalue weighted by atomic mass is 10.0. The molecule has 2 atom stereocenters. The van der Waals surface area contributed by atoms with Gasteiger partial charge in [-0.15, -0.1) is 0 Å². The molecule has 0 amide bonds. The molecule has 24 heavy (non-hydrogen) atoms. The van der Waals surface area contributed by atoms with Crippen LogP contribution in [0.25, 0.3) is 0 Å². The van der Waals surface area contributed by atoms with Crippen molar-refractivity contribution in [1.82, 2.24) is 5.48 Å². The molecule has 0 aromatic heterocycles. The zero-order valence-electron chi connectivity index (χ0n) is 15.1. The van der Waals surface area contributed by atoms with E-state index in [9.17, 15) is 0 Å². The van der Waals surface area contributed by atoms with Crippen LogP contribution in [0.3, 0.4) is 0 Å². The second-order valence-electron chi connectivity index (χ2n) is 6.38. The molecule has 2 aromatic rings. The zero-order valence-corrected chi connectivity index (χ0v) is 15.1. The molecule has 0 bridgehead atoms. The Morgan fingerprint density at radius 1 is 0.750 bits per heavy atom. The van der Waals surface area contributed by atoms with Gasteiger partial charge in [-0.2, -0.15) is 5.48 Å². The van der Waals surface area contributed by atoms with Crippen LogP contribution in [0.5, 0.6) is 0 Å². The Balaban J connectivity index is 2.03. The summed E-state index contributed by atoms with van der Waals surface area (Å²) in [6, 6.07) is 21.4. The third kappa shape index (κ3) is 6.10. The first-order chi connectivity index (χ1) is 11.8. The highest BCUT2D eigenvalue weighted by molar-refractivity contribution is 5.19. The highest BCUT2D eigenvalue weighted by Gasteiger charge is 2.16. The average molecular weight is 325 g/mol. The third-order valence-corrected chi connectivity index (χ3v) is 4.39. The lowest BCUT2D eigenvalue weighted by Crippen LogP contribution is -2.24.